The predicted molar refractivity (Wildman–Crippen MR) is 72.4 cm³/mol. The summed E-state index contributed by atoms with van der Waals surface area (Å²) in [6, 6.07) is 14.6. The second-order valence-electron chi connectivity index (χ2n) is 3.88. The Bertz CT molecular complexity index is 526. The standard InChI is InChI=1S/C16H16N/c1-3-16-15(11-8-12-17(16)4-2)13-14-9-6-5-7-10-14/h3-12H,1-2,13H2/q+1. The smallest absolute Gasteiger partial charge is 0.168 e. The Balaban J connectivity index is 2.39. The van der Waals surface area contributed by atoms with Crippen LogP contribution in [0.25, 0.3) is 12.3 Å². The summed E-state index contributed by atoms with van der Waals surface area (Å²) < 4.78 is 1.99. The van der Waals surface area contributed by atoms with E-state index in [-0.39, 0.29) is 0 Å². The summed E-state index contributed by atoms with van der Waals surface area (Å²) >= 11 is 0. The third-order valence-corrected chi connectivity index (χ3v) is 2.78. The Hall–Kier alpha value is -2.15. The van der Waals surface area contributed by atoms with Crippen LogP contribution in [0.1, 0.15) is 16.8 Å². The summed E-state index contributed by atoms with van der Waals surface area (Å²) in [5.74, 6) is 0. The number of benzene rings is 1. The zero-order valence-corrected chi connectivity index (χ0v) is 9.84. The van der Waals surface area contributed by atoms with Gasteiger partial charge in [-0.15, -0.1) is 0 Å². The second-order valence-corrected chi connectivity index (χ2v) is 3.88. The minimum Gasteiger partial charge on any atom is -0.168 e. The molecule has 1 nitrogen and oxygen atoms in total. The van der Waals surface area contributed by atoms with Gasteiger partial charge in [0.2, 0.25) is 5.69 Å². The maximum Gasteiger partial charge on any atom is 0.213 e. The normalized spacial score (nSPS) is 9.88. The Morgan fingerprint density at radius 2 is 1.76 bits per heavy atom. The third kappa shape index (κ3) is 2.51. The van der Waals surface area contributed by atoms with Crippen LogP contribution in [0, 0.1) is 0 Å². The van der Waals surface area contributed by atoms with Gasteiger partial charge in [0.1, 0.15) is 0 Å². The zero-order chi connectivity index (χ0) is 12.1. The van der Waals surface area contributed by atoms with E-state index < -0.39 is 0 Å². The molecule has 0 bridgehead atoms. The molecule has 0 spiro atoms. The van der Waals surface area contributed by atoms with Crippen LogP contribution in [0.3, 0.4) is 0 Å². The third-order valence-electron chi connectivity index (χ3n) is 2.78. The molecule has 84 valence electrons. The lowest BCUT2D eigenvalue weighted by Crippen LogP contribution is -2.30. The van der Waals surface area contributed by atoms with Crippen molar-refractivity contribution in [3.05, 3.63) is 78.6 Å². The molecule has 2 rings (SSSR count). The summed E-state index contributed by atoms with van der Waals surface area (Å²) in [5, 5.41) is 0. The molecule has 0 N–H and O–H groups in total. The fourth-order valence-electron chi connectivity index (χ4n) is 1.94. The average Bonchev–Trinajstić information content (AvgIpc) is 2.39. The largest absolute Gasteiger partial charge is 0.213 e. The van der Waals surface area contributed by atoms with Crippen LogP contribution in [0.4, 0.5) is 0 Å². The molecular formula is C16H16N+. The molecule has 1 heterocycles. The molecule has 1 heteroatoms. The van der Waals surface area contributed by atoms with Crippen molar-refractivity contribution in [1.29, 1.82) is 0 Å². The van der Waals surface area contributed by atoms with Gasteiger partial charge in [-0.25, -0.2) is 0 Å². The molecular weight excluding hydrogens is 206 g/mol. The molecule has 1 aromatic carbocycles. The number of hydrogen-bond donors (Lipinski definition) is 0. The van der Waals surface area contributed by atoms with Crippen LogP contribution >= 0.6 is 0 Å². The molecule has 0 saturated heterocycles. The van der Waals surface area contributed by atoms with Gasteiger partial charge in [-0.2, -0.15) is 4.57 Å². The fourth-order valence-corrected chi connectivity index (χ4v) is 1.94. The van der Waals surface area contributed by atoms with E-state index in [1.54, 1.807) is 6.20 Å². The van der Waals surface area contributed by atoms with Crippen molar-refractivity contribution in [1.82, 2.24) is 0 Å². The van der Waals surface area contributed by atoms with E-state index in [1.165, 1.54) is 11.1 Å². The molecule has 0 aliphatic carbocycles. The Labute approximate surface area is 102 Å². The molecule has 17 heavy (non-hydrogen) atoms. The summed E-state index contributed by atoms with van der Waals surface area (Å²) in [6.07, 6.45) is 6.57. The van der Waals surface area contributed by atoms with E-state index in [4.69, 9.17) is 0 Å². The first-order valence-electron chi connectivity index (χ1n) is 5.67. The summed E-state index contributed by atoms with van der Waals surface area (Å²) in [4.78, 5) is 0. The quantitative estimate of drug-likeness (QED) is 0.699. The van der Waals surface area contributed by atoms with E-state index in [0.717, 1.165) is 12.1 Å². The van der Waals surface area contributed by atoms with Crippen LogP contribution in [-0.4, -0.2) is 0 Å². The van der Waals surface area contributed by atoms with Crippen molar-refractivity contribution in [3.8, 4) is 0 Å². The van der Waals surface area contributed by atoms with E-state index in [2.05, 4.69) is 43.5 Å². The van der Waals surface area contributed by atoms with Gasteiger partial charge in [-0.1, -0.05) is 36.9 Å². The second kappa shape index (κ2) is 5.26. The number of hydrogen-bond acceptors (Lipinski definition) is 0. The van der Waals surface area contributed by atoms with Crippen LogP contribution in [0.2, 0.25) is 0 Å². The van der Waals surface area contributed by atoms with Gasteiger partial charge < -0.3 is 0 Å². The van der Waals surface area contributed by atoms with Gasteiger partial charge in [-0.3, -0.25) is 0 Å². The first kappa shape index (κ1) is 11.3. The molecule has 0 amide bonds. The number of rotatable bonds is 4. The Morgan fingerprint density at radius 1 is 1.00 bits per heavy atom. The molecule has 0 aliphatic heterocycles. The molecule has 0 saturated carbocycles. The van der Waals surface area contributed by atoms with Crippen LogP contribution < -0.4 is 4.57 Å². The van der Waals surface area contributed by atoms with Gasteiger partial charge in [-0.05, 0) is 18.2 Å². The maximum atomic E-state index is 3.87. The molecule has 1 aromatic heterocycles. The van der Waals surface area contributed by atoms with Crippen LogP contribution in [0.15, 0.2) is 61.8 Å². The Morgan fingerprint density at radius 3 is 2.41 bits per heavy atom. The number of nitrogens with zero attached hydrogens (tertiary/aromatic N) is 1. The lowest BCUT2D eigenvalue weighted by Gasteiger charge is -2.04. The van der Waals surface area contributed by atoms with Gasteiger partial charge >= 0.3 is 0 Å². The molecule has 0 radical (unpaired) electrons. The molecule has 0 fully saturated rings. The van der Waals surface area contributed by atoms with Gasteiger partial charge in [0, 0.05) is 24.1 Å². The predicted octanol–water partition coefficient (Wildman–Crippen LogP) is 3.31. The highest BCUT2D eigenvalue weighted by molar-refractivity contribution is 5.46. The van der Waals surface area contributed by atoms with E-state index in [1.807, 2.05) is 29.0 Å². The highest BCUT2D eigenvalue weighted by atomic mass is 14.9. The van der Waals surface area contributed by atoms with Crippen molar-refractivity contribution < 1.29 is 4.57 Å². The van der Waals surface area contributed by atoms with Crippen LogP contribution in [0.5, 0.6) is 0 Å². The lowest BCUT2D eigenvalue weighted by atomic mass is 10.0. The van der Waals surface area contributed by atoms with Crippen LogP contribution in [-0.2, 0) is 6.42 Å². The first-order chi connectivity index (χ1) is 8.35. The zero-order valence-electron chi connectivity index (χ0n) is 9.84. The van der Waals surface area contributed by atoms with Gasteiger partial charge in [0.25, 0.3) is 0 Å². The molecule has 0 atom stereocenters. The van der Waals surface area contributed by atoms with Gasteiger partial charge in [0.15, 0.2) is 12.4 Å². The average molecular weight is 222 g/mol. The van der Waals surface area contributed by atoms with E-state index >= 15 is 0 Å². The lowest BCUT2D eigenvalue weighted by molar-refractivity contribution is -0.570. The van der Waals surface area contributed by atoms with E-state index in [0.29, 0.717) is 0 Å². The number of pyridine rings is 1. The minimum absolute atomic E-state index is 0.914. The SMILES string of the molecule is C=Cc1c(Cc2ccccc2)ccc[n+]1C=C. The molecule has 0 aliphatic rings. The van der Waals surface area contributed by atoms with Crippen molar-refractivity contribution in [2.24, 2.45) is 0 Å². The summed E-state index contributed by atoms with van der Waals surface area (Å²) in [5.41, 5.74) is 3.66. The van der Waals surface area contributed by atoms with Gasteiger partial charge in [0.05, 0.1) is 0 Å². The van der Waals surface area contributed by atoms with Crippen molar-refractivity contribution in [2.45, 2.75) is 6.42 Å². The van der Waals surface area contributed by atoms with Crippen molar-refractivity contribution in [3.63, 3.8) is 0 Å². The molecule has 2 aromatic rings. The monoisotopic (exact) mass is 222 g/mol. The molecule has 0 unspecified atom stereocenters. The van der Waals surface area contributed by atoms with Crippen molar-refractivity contribution in [2.75, 3.05) is 0 Å². The first-order valence-corrected chi connectivity index (χ1v) is 5.67. The maximum absolute atomic E-state index is 3.87. The van der Waals surface area contributed by atoms with Crippen molar-refractivity contribution >= 4 is 12.3 Å². The van der Waals surface area contributed by atoms with E-state index in [9.17, 15) is 0 Å². The highest BCUT2D eigenvalue weighted by Gasteiger charge is 2.10. The summed E-state index contributed by atoms with van der Waals surface area (Å²) in [6.45, 7) is 7.68. The topological polar surface area (TPSA) is 3.88 Å². The number of aromatic nitrogens is 1. The highest BCUT2D eigenvalue weighted by Crippen LogP contribution is 2.12. The Kier molecular flexibility index (Phi) is 3.51. The summed E-state index contributed by atoms with van der Waals surface area (Å²) in [7, 11) is 0. The minimum atomic E-state index is 0.914. The fraction of sp³-hybridized carbons (Fsp3) is 0.0625.